The van der Waals surface area contributed by atoms with Crippen molar-refractivity contribution in [1.29, 1.82) is 0 Å². The number of nitrogens with one attached hydrogen (secondary N) is 1. The zero-order valence-corrected chi connectivity index (χ0v) is 19.1. The molecule has 0 aliphatic rings. The SMILES string of the molecule is Cc1cc(CSc2ncccc2C(=O)OCC(=O)Nc2ccccc2Oc2ccccc2)no1. The van der Waals surface area contributed by atoms with Gasteiger partial charge in [-0.25, -0.2) is 9.78 Å². The number of ether oxygens (including phenoxy) is 2. The molecule has 4 aromatic rings. The van der Waals surface area contributed by atoms with E-state index in [-0.39, 0.29) is 5.56 Å². The molecule has 0 saturated carbocycles. The van der Waals surface area contributed by atoms with Crippen LogP contribution < -0.4 is 10.1 Å². The van der Waals surface area contributed by atoms with Gasteiger partial charge in [-0.2, -0.15) is 0 Å². The number of para-hydroxylation sites is 3. The van der Waals surface area contributed by atoms with E-state index >= 15 is 0 Å². The average molecular weight is 476 g/mol. The van der Waals surface area contributed by atoms with Crippen LogP contribution in [0.15, 0.2) is 88.5 Å². The maximum Gasteiger partial charge on any atom is 0.341 e. The van der Waals surface area contributed by atoms with Gasteiger partial charge in [-0.3, -0.25) is 4.79 Å². The number of nitrogens with zero attached hydrogens (tertiary/aromatic N) is 2. The summed E-state index contributed by atoms with van der Waals surface area (Å²) in [5.74, 6) is 1.16. The number of hydrogen-bond acceptors (Lipinski definition) is 8. The molecule has 9 heteroatoms. The van der Waals surface area contributed by atoms with Gasteiger partial charge in [-0.1, -0.05) is 47.3 Å². The molecule has 0 fully saturated rings. The lowest BCUT2D eigenvalue weighted by Gasteiger charge is -2.12. The first-order valence-corrected chi connectivity index (χ1v) is 11.4. The van der Waals surface area contributed by atoms with E-state index in [2.05, 4.69) is 15.5 Å². The monoisotopic (exact) mass is 475 g/mol. The number of hydrogen-bond donors (Lipinski definition) is 1. The first kappa shape index (κ1) is 23.1. The highest BCUT2D eigenvalue weighted by molar-refractivity contribution is 7.98. The Labute approximate surface area is 200 Å². The molecule has 0 bridgehead atoms. The van der Waals surface area contributed by atoms with Crippen LogP contribution in [-0.2, 0) is 15.3 Å². The van der Waals surface area contributed by atoms with E-state index in [1.807, 2.05) is 43.3 Å². The molecule has 1 N–H and O–H groups in total. The van der Waals surface area contributed by atoms with Crippen molar-refractivity contribution in [1.82, 2.24) is 10.1 Å². The second-order valence-corrected chi connectivity index (χ2v) is 8.07. The molecule has 8 nitrogen and oxygen atoms in total. The number of amides is 1. The minimum absolute atomic E-state index is 0.272. The lowest BCUT2D eigenvalue weighted by Crippen LogP contribution is -2.21. The lowest BCUT2D eigenvalue weighted by molar-refractivity contribution is -0.119. The van der Waals surface area contributed by atoms with Crippen molar-refractivity contribution in [3.63, 3.8) is 0 Å². The third kappa shape index (κ3) is 6.23. The first-order chi connectivity index (χ1) is 16.6. The van der Waals surface area contributed by atoms with Crippen LogP contribution >= 0.6 is 11.8 Å². The van der Waals surface area contributed by atoms with Crippen molar-refractivity contribution in [2.75, 3.05) is 11.9 Å². The highest BCUT2D eigenvalue weighted by atomic mass is 32.2. The number of benzene rings is 2. The molecule has 0 aliphatic heterocycles. The number of esters is 1. The predicted molar refractivity (Wildman–Crippen MR) is 127 cm³/mol. The van der Waals surface area contributed by atoms with E-state index < -0.39 is 18.5 Å². The zero-order chi connectivity index (χ0) is 23.8. The van der Waals surface area contributed by atoms with Crippen LogP contribution in [0.25, 0.3) is 0 Å². The minimum Gasteiger partial charge on any atom is -0.455 e. The maximum atomic E-state index is 12.6. The molecule has 2 heterocycles. The van der Waals surface area contributed by atoms with E-state index in [4.69, 9.17) is 14.0 Å². The van der Waals surface area contributed by atoms with Crippen molar-refractivity contribution in [2.45, 2.75) is 17.7 Å². The number of anilines is 1. The Balaban J connectivity index is 1.35. The van der Waals surface area contributed by atoms with Crippen LogP contribution in [0.2, 0.25) is 0 Å². The molecule has 172 valence electrons. The third-order valence-electron chi connectivity index (χ3n) is 4.49. The molecule has 0 aliphatic carbocycles. The fourth-order valence-corrected chi connectivity index (χ4v) is 3.82. The van der Waals surface area contributed by atoms with Gasteiger partial charge >= 0.3 is 5.97 Å². The number of aromatic nitrogens is 2. The van der Waals surface area contributed by atoms with E-state index in [0.717, 1.165) is 5.69 Å². The van der Waals surface area contributed by atoms with Gasteiger partial charge in [0, 0.05) is 18.0 Å². The number of thioether (sulfide) groups is 1. The van der Waals surface area contributed by atoms with Gasteiger partial charge in [0.2, 0.25) is 0 Å². The molecule has 0 atom stereocenters. The van der Waals surface area contributed by atoms with E-state index in [1.165, 1.54) is 11.8 Å². The second kappa shape index (κ2) is 11.2. The van der Waals surface area contributed by atoms with Crippen molar-refractivity contribution in [2.24, 2.45) is 0 Å². The molecule has 0 spiro atoms. The quantitative estimate of drug-likeness (QED) is 0.258. The molecular weight excluding hydrogens is 454 g/mol. The minimum atomic E-state index is -0.643. The molecule has 0 radical (unpaired) electrons. The topological polar surface area (TPSA) is 104 Å². The largest absolute Gasteiger partial charge is 0.455 e. The van der Waals surface area contributed by atoms with Crippen LogP contribution in [0, 0.1) is 6.92 Å². The Morgan fingerprint density at radius 1 is 1.03 bits per heavy atom. The zero-order valence-electron chi connectivity index (χ0n) is 18.3. The molecule has 0 saturated heterocycles. The Kier molecular flexibility index (Phi) is 7.56. The molecular formula is C25H21N3O5S. The third-order valence-corrected chi connectivity index (χ3v) is 5.53. The maximum absolute atomic E-state index is 12.6. The summed E-state index contributed by atoms with van der Waals surface area (Å²) in [5, 5.41) is 7.14. The van der Waals surface area contributed by atoms with Crippen LogP contribution in [0.1, 0.15) is 21.8 Å². The number of carbonyl (C=O) groups is 2. The van der Waals surface area contributed by atoms with Gasteiger partial charge in [0.05, 0.1) is 16.9 Å². The fourth-order valence-electron chi connectivity index (χ4n) is 2.96. The van der Waals surface area contributed by atoms with Crippen LogP contribution in [0.5, 0.6) is 11.5 Å². The summed E-state index contributed by atoms with van der Waals surface area (Å²) in [6.45, 7) is 1.35. The highest BCUT2D eigenvalue weighted by Gasteiger charge is 2.17. The number of aryl methyl sites for hydroxylation is 1. The summed E-state index contributed by atoms with van der Waals surface area (Å²) < 4.78 is 16.1. The fraction of sp³-hybridized carbons (Fsp3) is 0.120. The lowest BCUT2D eigenvalue weighted by atomic mass is 10.3. The Morgan fingerprint density at radius 2 is 1.82 bits per heavy atom. The van der Waals surface area contributed by atoms with Crippen molar-refractivity contribution < 1.29 is 23.6 Å². The molecule has 1 amide bonds. The van der Waals surface area contributed by atoms with Gasteiger partial charge in [0.25, 0.3) is 5.91 Å². The normalized spacial score (nSPS) is 10.5. The van der Waals surface area contributed by atoms with Crippen LogP contribution in [0.3, 0.4) is 0 Å². The van der Waals surface area contributed by atoms with Crippen molar-refractivity contribution in [3.8, 4) is 11.5 Å². The Hall–Kier alpha value is -4.11. The standard InChI is InChI=1S/C25H21N3O5S/c1-17-14-18(28-33-17)16-34-24-20(10-7-13-26-24)25(30)31-15-23(29)27-21-11-5-6-12-22(21)32-19-8-3-2-4-9-19/h2-14H,15-16H2,1H3,(H,27,29). The first-order valence-electron chi connectivity index (χ1n) is 10.4. The summed E-state index contributed by atoms with van der Waals surface area (Å²) in [6.07, 6.45) is 1.59. The van der Waals surface area contributed by atoms with Crippen LogP contribution in [0.4, 0.5) is 5.69 Å². The number of carbonyl (C=O) groups excluding carboxylic acids is 2. The summed E-state index contributed by atoms with van der Waals surface area (Å²) in [7, 11) is 0. The summed E-state index contributed by atoms with van der Waals surface area (Å²) in [6, 6.07) is 21.3. The van der Waals surface area contributed by atoms with Crippen LogP contribution in [-0.4, -0.2) is 28.6 Å². The van der Waals surface area contributed by atoms with Gasteiger partial charge in [0.1, 0.15) is 16.5 Å². The van der Waals surface area contributed by atoms with E-state index in [1.54, 1.807) is 42.6 Å². The van der Waals surface area contributed by atoms with Gasteiger partial charge in [0.15, 0.2) is 12.4 Å². The smallest absolute Gasteiger partial charge is 0.341 e. The Morgan fingerprint density at radius 3 is 2.62 bits per heavy atom. The molecule has 0 unspecified atom stereocenters. The average Bonchev–Trinajstić information content (AvgIpc) is 3.28. The number of pyridine rings is 1. The van der Waals surface area contributed by atoms with Crippen molar-refractivity contribution in [3.05, 3.63) is 96.0 Å². The molecule has 4 rings (SSSR count). The highest BCUT2D eigenvalue weighted by Crippen LogP contribution is 2.29. The molecule has 2 aromatic carbocycles. The van der Waals surface area contributed by atoms with E-state index in [9.17, 15) is 9.59 Å². The second-order valence-electron chi connectivity index (χ2n) is 7.11. The van der Waals surface area contributed by atoms with Gasteiger partial charge in [-0.15, -0.1) is 0 Å². The van der Waals surface area contributed by atoms with E-state index in [0.29, 0.717) is 33.7 Å². The molecule has 34 heavy (non-hydrogen) atoms. The predicted octanol–water partition coefficient (Wildman–Crippen LogP) is 5.26. The summed E-state index contributed by atoms with van der Waals surface area (Å²) in [5.41, 5.74) is 1.48. The summed E-state index contributed by atoms with van der Waals surface area (Å²) in [4.78, 5) is 29.4. The van der Waals surface area contributed by atoms with Gasteiger partial charge in [-0.05, 0) is 43.3 Å². The Bertz CT molecular complexity index is 1280. The summed E-state index contributed by atoms with van der Waals surface area (Å²) >= 11 is 1.33. The van der Waals surface area contributed by atoms with Crippen molar-refractivity contribution >= 4 is 29.3 Å². The van der Waals surface area contributed by atoms with Gasteiger partial charge < -0.3 is 19.3 Å². The molecule has 2 aromatic heterocycles. The number of rotatable bonds is 9.